The molecule has 0 saturated carbocycles. The number of nitrogens with zero attached hydrogens (tertiary/aromatic N) is 1. The highest BCUT2D eigenvalue weighted by Crippen LogP contribution is 2.26. The molecule has 2 aromatic carbocycles. The minimum Gasteiger partial charge on any atom is -0.469 e. The highest BCUT2D eigenvalue weighted by atomic mass is 32.2. The first-order valence-electron chi connectivity index (χ1n) is 7.66. The Bertz CT molecular complexity index is 881. The Hall–Kier alpha value is -2.78. The monoisotopic (exact) mass is 378 g/mol. The molecule has 0 aliphatic carbocycles. The van der Waals surface area contributed by atoms with Crippen molar-refractivity contribution in [3.05, 3.63) is 70.3 Å². The largest absolute Gasteiger partial charge is 0.469 e. The number of ether oxygens (including phenoxy) is 1. The van der Waals surface area contributed by atoms with Gasteiger partial charge >= 0.3 is 5.97 Å². The van der Waals surface area contributed by atoms with E-state index in [1.54, 1.807) is 37.3 Å². The Balaban J connectivity index is 2.37. The number of carbonyl (C=O) groups is 1. The highest BCUT2D eigenvalue weighted by molar-refractivity contribution is 7.89. The normalized spacial score (nSPS) is 13.6. The number of methoxy groups -OCH3 is 1. The maximum Gasteiger partial charge on any atom is 0.310 e. The summed E-state index contributed by atoms with van der Waals surface area (Å²) in [6, 6.07) is 12.3. The van der Waals surface area contributed by atoms with E-state index < -0.39 is 32.9 Å². The predicted octanol–water partition coefficient (Wildman–Crippen LogP) is 2.42. The molecule has 0 radical (unpaired) electrons. The predicted molar refractivity (Wildman–Crippen MR) is 93.8 cm³/mol. The zero-order chi connectivity index (χ0) is 19.3. The second-order valence-electron chi connectivity index (χ2n) is 5.57. The fraction of sp³-hybridized carbons (Fsp3) is 0.235. The molecule has 1 N–H and O–H groups in total. The topological polar surface area (TPSA) is 116 Å². The van der Waals surface area contributed by atoms with E-state index >= 15 is 0 Å². The summed E-state index contributed by atoms with van der Waals surface area (Å²) in [5.74, 6) is -1.35. The Morgan fingerprint density at radius 2 is 1.69 bits per heavy atom. The zero-order valence-corrected chi connectivity index (χ0v) is 15.0. The number of sulfonamides is 1. The van der Waals surface area contributed by atoms with Crippen LogP contribution in [0.15, 0.2) is 59.5 Å². The molecule has 0 spiro atoms. The first kappa shape index (κ1) is 19.5. The summed E-state index contributed by atoms with van der Waals surface area (Å²) in [6.07, 6.45) is 0. The summed E-state index contributed by atoms with van der Waals surface area (Å²) < 4.78 is 32.6. The third-order valence-corrected chi connectivity index (χ3v) is 5.33. The number of hydrogen-bond donors (Lipinski definition) is 1. The molecule has 0 aliphatic heterocycles. The Morgan fingerprint density at radius 3 is 2.19 bits per heavy atom. The summed E-state index contributed by atoms with van der Waals surface area (Å²) in [4.78, 5) is 21.9. The van der Waals surface area contributed by atoms with Gasteiger partial charge in [0.15, 0.2) is 0 Å². The van der Waals surface area contributed by atoms with Crippen molar-refractivity contribution in [1.82, 2.24) is 4.72 Å². The van der Waals surface area contributed by atoms with E-state index in [0.29, 0.717) is 5.56 Å². The summed E-state index contributed by atoms with van der Waals surface area (Å²) in [6.45, 7) is 1.56. The summed E-state index contributed by atoms with van der Waals surface area (Å²) >= 11 is 0. The molecule has 0 heterocycles. The molecule has 2 rings (SSSR count). The molecule has 8 nitrogen and oxygen atoms in total. The van der Waals surface area contributed by atoms with Crippen LogP contribution in [-0.4, -0.2) is 26.4 Å². The standard InChI is InChI=1S/C17H18N2O6S/c1-12(17(20)25-2)16(13-6-4-3-5-7-13)18-26(23,24)15-10-8-14(9-11-15)19(21)22/h3-12,16,18H,1-2H3/t12-,16+/m1/s1. The molecule has 0 saturated heterocycles. The smallest absolute Gasteiger partial charge is 0.310 e. The molecule has 0 amide bonds. The number of nitrogens with one attached hydrogen (secondary N) is 1. The van der Waals surface area contributed by atoms with Crippen LogP contribution < -0.4 is 4.72 Å². The molecule has 26 heavy (non-hydrogen) atoms. The molecule has 0 aliphatic rings. The Labute approximate surface area is 151 Å². The first-order valence-corrected chi connectivity index (χ1v) is 9.14. The number of hydrogen-bond acceptors (Lipinski definition) is 6. The van der Waals surface area contributed by atoms with Crippen LogP contribution in [-0.2, 0) is 19.6 Å². The van der Waals surface area contributed by atoms with Gasteiger partial charge in [0.2, 0.25) is 10.0 Å². The van der Waals surface area contributed by atoms with Crippen molar-refractivity contribution in [2.75, 3.05) is 7.11 Å². The Kier molecular flexibility index (Phi) is 6.06. The maximum absolute atomic E-state index is 12.7. The third-order valence-electron chi connectivity index (χ3n) is 3.87. The maximum atomic E-state index is 12.7. The second kappa shape index (κ2) is 8.07. The lowest BCUT2D eigenvalue weighted by Gasteiger charge is -2.23. The lowest BCUT2D eigenvalue weighted by molar-refractivity contribution is -0.384. The van der Waals surface area contributed by atoms with E-state index in [-0.39, 0.29) is 10.6 Å². The van der Waals surface area contributed by atoms with Gasteiger partial charge in [-0.1, -0.05) is 37.3 Å². The van der Waals surface area contributed by atoms with Crippen LogP contribution in [0.2, 0.25) is 0 Å². The number of nitro groups is 1. The average Bonchev–Trinajstić information content (AvgIpc) is 2.65. The van der Waals surface area contributed by atoms with Gasteiger partial charge in [-0.3, -0.25) is 14.9 Å². The molecule has 0 bridgehead atoms. The van der Waals surface area contributed by atoms with E-state index in [1.165, 1.54) is 7.11 Å². The number of rotatable bonds is 7. The number of benzene rings is 2. The minimum atomic E-state index is -4.02. The van der Waals surface area contributed by atoms with Crippen LogP contribution in [0, 0.1) is 16.0 Å². The molecule has 138 valence electrons. The zero-order valence-electron chi connectivity index (χ0n) is 14.2. The van der Waals surface area contributed by atoms with Crippen LogP contribution in [0.1, 0.15) is 18.5 Å². The summed E-state index contributed by atoms with van der Waals surface area (Å²) in [5.41, 5.74) is 0.377. The second-order valence-corrected chi connectivity index (χ2v) is 7.29. The van der Waals surface area contributed by atoms with Gasteiger partial charge in [-0.25, -0.2) is 13.1 Å². The van der Waals surface area contributed by atoms with Crippen molar-refractivity contribution in [3.63, 3.8) is 0 Å². The van der Waals surface area contributed by atoms with Crippen LogP contribution in [0.3, 0.4) is 0 Å². The SMILES string of the molecule is COC(=O)[C@H](C)[C@H](NS(=O)(=O)c1ccc([N+](=O)[O-])cc1)c1ccccc1. The Morgan fingerprint density at radius 1 is 1.12 bits per heavy atom. The lowest BCUT2D eigenvalue weighted by atomic mass is 9.95. The van der Waals surface area contributed by atoms with Gasteiger partial charge in [-0.2, -0.15) is 0 Å². The van der Waals surface area contributed by atoms with Crippen molar-refractivity contribution in [2.45, 2.75) is 17.9 Å². The number of carbonyl (C=O) groups excluding carboxylic acids is 1. The van der Waals surface area contributed by atoms with Crippen LogP contribution in [0.25, 0.3) is 0 Å². The summed E-state index contributed by atoms with van der Waals surface area (Å²) in [7, 11) is -2.79. The molecule has 0 unspecified atom stereocenters. The molecular weight excluding hydrogens is 360 g/mol. The van der Waals surface area contributed by atoms with Crippen LogP contribution in [0.4, 0.5) is 5.69 Å². The van der Waals surface area contributed by atoms with Crippen molar-refractivity contribution < 1.29 is 22.9 Å². The lowest BCUT2D eigenvalue weighted by Crippen LogP contribution is -2.36. The number of non-ortho nitro benzene ring substituents is 1. The van der Waals surface area contributed by atoms with E-state index in [9.17, 15) is 23.3 Å². The van der Waals surface area contributed by atoms with Gasteiger partial charge in [0.1, 0.15) is 0 Å². The van der Waals surface area contributed by atoms with Gasteiger partial charge in [0.05, 0.1) is 28.9 Å². The fourth-order valence-electron chi connectivity index (χ4n) is 2.42. The molecule has 9 heteroatoms. The van der Waals surface area contributed by atoms with Crippen LogP contribution >= 0.6 is 0 Å². The van der Waals surface area contributed by atoms with E-state index in [0.717, 1.165) is 24.3 Å². The van der Waals surface area contributed by atoms with Gasteiger partial charge in [0, 0.05) is 12.1 Å². The molecule has 0 aromatic heterocycles. The molecular formula is C17H18N2O6S. The molecule has 0 fully saturated rings. The van der Waals surface area contributed by atoms with E-state index in [4.69, 9.17) is 4.74 Å². The fourth-order valence-corrected chi connectivity index (χ4v) is 3.73. The summed E-state index contributed by atoms with van der Waals surface area (Å²) in [5, 5.41) is 10.7. The van der Waals surface area contributed by atoms with Gasteiger partial charge in [0.25, 0.3) is 5.69 Å². The molecule has 2 aromatic rings. The van der Waals surface area contributed by atoms with E-state index in [1.807, 2.05) is 0 Å². The molecule has 2 atom stereocenters. The van der Waals surface area contributed by atoms with Crippen molar-refractivity contribution in [1.29, 1.82) is 0 Å². The van der Waals surface area contributed by atoms with Crippen molar-refractivity contribution in [3.8, 4) is 0 Å². The first-order chi connectivity index (χ1) is 12.3. The third kappa shape index (κ3) is 4.44. The minimum absolute atomic E-state index is 0.138. The van der Waals surface area contributed by atoms with Crippen molar-refractivity contribution in [2.24, 2.45) is 5.92 Å². The van der Waals surface area contributed by atoms with Gasteiger partial charge < -0.3 is 4.74 Å². The van der Waals surface area contributed by atoms with E-state index in [2.05, 4.69) is 4.72 Å². The highest BCUT2D eigenvalue weighted by Gasteiger charge is 2.31. The number of esters is 1. The van der Waals surface area contributed by atoms with Crippen molar-refractivity contribution >= 4 is 21.7 Å². The van der Waals surface area contributed by atoms with Gasteiger partial charge in [-0.05, 0) is 17.7 Å². The quantitative estimate of drug-likeness (QED) is 0.449. The van der Waals surface area contributed by atoms with Crippen LogP contribution in [0.5, 0.6) is 0 Å². The van der Waals surface area contributed by atoms with Gasteiger partial charge in [-0.15, -0.1) is 0 Å². The number of nitro benzene ring substituents is 1. The average molecular weight is 378 g/mol.